The predicted octanol–water partition coefficient (Wildman–Crippen LogP) is 4.79. The van der Waals surface area contributed by atoms with Crippen LogP contribution < -0.4 is 5.32 Å². The summed E-state index contributed by atoms with van der Waals surface area (Å²) in [5, 5.41) is 3.98. The summed E-state index contributed by atoms with van der Waals surface area (Å²) in [7, 11) is 0. The molecular weight excluding hydrogens is 273 g/mol. The molecule has 2 aromatic rings. The van der Waals surface area contributed by atoms with E-state index in [1.165, 1.54) is 6.07 Å². The Balaban J connectivity index is 2.53. The SMILES string of the molecule is CCNC(c1cc(C)ccc1F)c1ccc(C)cc1Cl. The highest BCUT2D eigenvalue weighted by Crippen LogP contribution is 2.31. The average molecular weight is 292 g/mol. The molecule has 2 aromatic carbocycles. The van der Waals surface area contributed by atoms with Crippen LogP contribution >= 0.6 is 11.6 Å². The van der Waals surface area contributed by atoms with E-state index in [1.807, 2.05) is 45.0 Å². The summed E-state index contributed by atoms with van der Waals surface area (Å²) in [6.45, 7) is 6.69. The Labute approximate surface area is 124 Å². The van der Waals surface area contributed by atoms with Gasteiger partial charge < -0.3 is 5.32 Å². The Morgan fingerprint density at radius 1 is 1.05 bits per heavy atom. The lowest BCUT2D eigenvalue weighted by molar-refractivity contribution is 0.558. The van der Waals surface area contributed by atoms with E-state index in [9.17, 15) is 4.39 Å². The molecule has 3 heteroatoms. The third kappa shape index (κ3) is 3.20. The van der Waals surface area contributed by atoms with Crippen molar-refractivity contribution in [2.45, 2.75) is 26.8 Å². The minimum Gasteiger partial charge on any atom is -0.306 e. The molecule has 1 nitrogen and oxygen atoms in total. The number of benzene rings is 2. The summed E-state index contributed by atoms with van der Waals surface area (Å²) in [4.78, 5) is 0. The van der Waals surface area contributed by atoms with Gasteiger partial charge in [0.05, 0.1) is 6.04 Å². The Bertz CT molecular complexity index is 610. The van der Waals surface area contributed by atoms with Gasteiger partial charge in [-0.1, -0.05) is 48.4 Å². The van der Waals surface area contributed by atoms with Crippen LogP contribution in [0.25, 0.3) is 0 Å². The zero-order valence-corrected chi connectivity index (χ0v) is 12.8. The molecule has 106 valence electrons. The molecule has 0 saturated carbocycles. The number of nitrogens with one attached hydrogen (secondary N) is 1. The second kappa shape index (κ2) is 6.38. The van der Waals surface area contributed by atoms with Crippen molar-refractivity contribution in [2.75, 3.05) is 6.54 Å². The van der Waals surface area contributed by atoms with Gasteiger partial charge in [-0.3, -0.25) is 0 Å². The molecule has 0 saturated heterocycles. The Hall–Kier alpha value is -1.38. The topological polar surface area (TPSA) is 12.0 Å². The van der Waals surface area contributed by atoms with Gasteiger partial charge in [0.25, 0.3) is 0 Å². The molecule has 20 heavy (non-hydrogen) atoms. The number of rotatable bonds is 4. The molecule has 0 amide bonds. The fourth-order valence-electron chi connectivity index (χ4n) is 2.34. The molecule has 0 aromatic heterocycles. The van der Waals surface area contributed by atoms with Gasteiger partial charge in [0, 0.05) is 10.6 Å². The molecule has 0 fully saturated rings. The van der Waals surface area contributed by atoms with Gasteiger partial charge >= 0.3 is 0 Å². The summed E-state index contributed by atoms with van der Waals surface area (Å²) in [6.07, 6.45) is 0. The largest absolute Gasteiger partial charge is 0.306 e. The number of aryl methyl sites for hydroxylation is 2. The second-order valence-electron chi connectivity index (χ2n) is 5.04. The van der Waals surface area contributed by atoms with Crippen LogP contribution in [-0.2, 0) is 0 Å². The lowest BCUT2D eigenvalue weighted by Crippen LogP contribution is -2.23. The zero-order valence-electron chi connectivity index (χ0n) is 12.0. The van der Waals surface area contributed by atoms with Crippen LogP contribution in [0.3, 0.4) is 0 Å². The van der Waals surface area contributed by atoms with Gasteiger partial charge in [-0.05, 0) is 43.7 Å². The van der Waals surface area contributed by atoms with E-state index in [2.05, 4.69) is 5.32 Å². The maximum Gasteiger partial charge on any atom is 0.128 e. The second-order valence-corrected chi connectivity index (χ2v) is 5.45. The van der Waals surface area contributed by atoms with Gasteiger partial charge in [-0.2, -0.15) is 0 Å². The molecule has 0 heterocycles. The maximum absolute atomic E-state index is 14.2. The van der Waals surface area contributed by atoms with Crippen molar-refractivity contribution in [3.63, 3.8) is 0 Å². The van der Waals surface area contributed by atoms with E-state index in [0.29, 0.717) is 10.6 Å². The Morgan fingerprint density at radius 2 is 1.70 bits per heavy atom. The first-order valence-corrected chi connectivity index (χ1v) is 7.16. The summed E-state index contributed by atoms with van der Waals surface area (Å²) in [5.41, 5.74) is 3.67. The standard InChI is InChI=1S/C17H19ClFN/c1-4-20-17(13-7-5-12(3)10-15(13)18)14-9-11(2)6-8-16(14)19/h5-10,17,20H,4H2,1-3H3. The first-order valence-electron chi connectivity index (χ1n) is 6.78. The lowest BCUT2D eigenvalue weighted by atomic mass is 9.96. The molecule has 1 unspecified atom stereocenters. The quantitative estimate of drug-likeness (QED) is 0.853. The normalized spacial score (nSPS) is 12.4. The molecule has 1 N–H and O–H groups in total. The van der Waals surface area contributed by atoms with Crippen molar-refractivity contribution < 1.29 is 4.39 Å². The van der Waals surface area contributed by atoms with Crippen molar-refractivity contribution in [1.29, 1.82) is 0 Å². The van der Waals surface area contributed by atoms with E-state index < -0.39 is 0 Å². The third-order valence-electron chi connectivity index (χ3n) is 3.34. The zero-order chi connectivity index (χ0) is 14.7. The first-order chi connectivity index (χ1) is 9.52. The van der Waals surface area contributed by atoms with Gasteiger partial charge in [0.2, 0.25) is 0 Å². The van der Waals surface area contributed by atoms with Crippen molar-refractivity contribution >= 4 is 11.6 Å². The Morgan fingerprint density at radius 3 is 2.35 bits per heavy atom. The molecule has 0 aliphatic carbocycles. The monoisotopic (exact) mass is 291 g/mol. The van der Waals surface area contributed by atoms with Gasteiger partial charge in [0.15, 0.2) is 0 Å². The molecule has 0 aliphatic rings. The fourth-order valence-corrected chi connectivity index (χ4v) is 2.69. The van der Waals surface area contributed by atoms with Crippen LogP contribution in [0.5, 0.6) is 0 Å². The molecular formula is C17H19ClFN. The van der Waals surface area contributed by atoms with Crippen LogP contribution in [0.1, 0.15) is 35.2 Å². The molecule has 0 radical (unpaired) electrons. The first kappa shape index (κ1) is 15.0. The molecule has 2 rings (SSSR count). The lowest BCUT2D eigenvalue weighted by Gasteiger charge is -2.21. The molecule has 0 aliphatic heterocycles. The smallest absolute Gasteiger partial charge is 0.128 e. The maximum atomic E-state index is 14.2. The highest BCUT2D eigenvalue weighted by Gasteiger charge is 2.19. The molecule has 0 spiro atoms. The van der Waals surface area contributed by atoms with Crippen LogP contribution in [0, 0.1) is 19.7 Å². The summed E-state index contributed by atoms with van der Waals surface area (Å²) in [5.74, 6) is -0.210. The minimum absolute atomic E-state index is 0.210. The van der Waals surface area contributed by atoms with Crippen molar-refractivity contribution in [3.05, 3.63) is 69.5 Å². The van der Waals surface area contributed by atoms with E-state index in [0.717, 1.165) is 23.2 Å². The van der Waals surface area contributed by atoms with Gasteiger partial charge in [-0.25, -0.2) is 4.39 Å². The average Bonchev–Trinajstić information content (AvgIpc) is 2.40. The number of hydrogen-bond acceptors (Lipinski definition) is 1. The summed E-state index contributed by atoms with van der Waals surface area (Å²) < 4.78 is 14.2. The van der Waals surface area contributed by atoms with Crippen LogP contribution in [0.15, 0.2) is 36.4 Å². The van der Waals surface area contributed by atoms with Crippen molar-refractivity contribution in [3.8, 4) is 0 Å². The van der Waals surface area contributed by atoms with E-state index in [1.54, 1.807) is 6.07 Å². The van der Waals surface area contributed by atoms with Crippen molar-refractivity contribution in [1.82, 2.24) is 5.32 Å². The van der Waals surface area contributed by atoms with Crippen molar-refractivity contribution in [2.24, 2.45) is 0 Å². The molecule has 0 bridgehead atoms. The van der Waals surface area contributed by atoms with E-state index in [4.69, 9.17) is 11.6 Å². The number of halogens is 2. The van der Waals surface area contributed by atoms with Crippen LogP contribution in [-0.4, -0.2) is 6.54 Å². The number of hydrogen-bond donors (Lipinski definition) is 1. The van der Waals surface area contributed by atoms with Gasteiger partial charge in [0.1, 0.15) is 5.82 Å². The Kier molecular flexibility index (Phi) is 4.79. The van der Waals surface area contributed by atoms with Crippen LogP contribution in [0.2, 0.25) is 5.02 Å². The fraction of sp³-hybridized carbons (Fsp3) is 0.294. The highest BCUT2D eigenvalue weighted by atomic mass is 35.5. The highest BCUT2D eigenvalue weighted by molar-refractivity contribution is 6.31. The predicted molar refractivity (Wildman–Crippen MR) is 82.8 cm³/mol. The third-order valence-corrected chi connectivity index (χ3v) is 3.67. The summed E-state index contributed by atoms with van der Waals surface area (Å²) in [6, 6.07) is 10.8. The summed E-state index contributed by atoms with van der Waals surface area (Å²) >= 11 is 6.34. The van der Waals surface area contributed by atoms with E-state index in [-0.39, 0.29) is 11.9 Å². The van der Waals surface area contributed by atoms with E-state index >= 15 is 0 Å². The van der Waals surface area contributed by atoms with Gasteiger partial charge in [-0.15, -0.1) is 0 Å². The molecule has 1 atom stereocenters. The minimum atomic E-state index is -0.229. The van der Waals surface area contributed by atoms with Crippen LogP contribution in [0.4, 0.5) is 4.39 Å².